The Kier molecular flexibility index (Phi) is 4.10. The molecular weight excluding hydrogens is 294 g/mol. The summed E-state index contributed by atoms with van der Waals surface area (Å²) < 4.78 is 6.10. The van der Waals surface area contributed by atoms with Crippen molar-refractivity contribution in [2.75, 3.05) is 12.4 Å². The van der Waals surface area contributed by atoms with E-state index in [9.17, 15) is 5.11 Å². The van der Waals surface area contributed by atoms with Gasteiger partial charge in [0.2, 0.25) is 0 Å². The predicted octanol–water partition coefficient (Wildman–Crippen LogP) is 3.78. The lowest BCUT2D eigenvalue weighted by Gasteiger charge is -2.09. The molecule has 0 amide bonds. The van der Waals surface area contributed by atoms with Gasteiger partial charge in [-0.1, -0.05) is 22.0 Å². The van der Waals surface area contributed by atoms with Gasteiger partial charge in [-0.15, -0.1) is 0 Å². The number of ether oxygens (including phenoxy) is 1. The highest BCUT2D eigenvalue weighted by molar-refractivity contribution is 9.10. The third-order valence-electron chi connectivity index (χ3n) is 2.59. The van der Waals surface area contributed by atoms with Gasteiger partial charge in [0, 0.05) is 28.3 Å². The number of benzene rings is 2. The molecule has 0 heterocycles. The van der Waals surface area contributed by atoms with Crippen molar-refractivity contribution in [2.24, 2.45) is 0 Å². The predicted molar refractivity (Wildman–Crippen MR) is 76.1 cm³/mol. The topological polar surface area (TPSA) is 41.5 Å². The largest absolute Gasteiger partial charge is 0.508 e. The molecule has 2 aromatic carbocycles. The normalized spacial score (nSPS) is 10.1. The number of aromatic hydroxyl groups is 1. The summed E-state index contributed by atoms with van der Waals surface area (Å²) in [6, 6.07) is 13.1. The maximum absolute atomic E-state index is 9.73. The van der Waals surface area contributed by atoms with E-state index in [0.29, 0.717) is 6.54 Å². The Morgan fingerprint density at radius 2 is 2.06 bits per heavy atom. The number of halogens is 1. The molecule has 0 aliphatic heterocycles. The zero-order chi connectivity index (χ0) is 13.0. The minimum absolute atomic E-state index is 0.286. The highest BCUT2D eigenvalue weighted by Crippen LogP contribution is 2.23. The van der Waals surface area contributed by atoms with Crippen molar-refractivity contribution in [1.29, 1.82) is 0 Å². The zero-order valence-corrected chi connectivity index (χ0v) is 11.6. The monoisotopic (exact) mass is 307 g/mol. The zero-order valence-electron chi connectivity index (χ0n) is 9.98. The van der Waals surface area contributed by atoms with Gasteiger partial charge in [0.25, 0.3) is 0 Å². The minimum Gasteiger partial charge on any atom is -0.508 e. The first-order valence-electron chi connectivity index (χ1n) is 5.54. The lowest BCUT2D eigenvalue weighted by Crippen LogP contribution is -2.00. The molecule has 4 heteroatoms. The van der Waals surface area contributed by atoms with Crippen LogP contribution in [0.3, 0.4) is 0 Å². The third-order valence-corrected chi connectivity index (χ3v) is 3.09. The van der Waals surface area contributed by atoms with E-state index < -0.39 is 0 Å². The van der Waals surface area contributed by atoms with Gasteiger partial charge in [0.1, 0.15) is 11.5 Å². The molecular formula is C14H14BrNO2. The van der Waals surface area contributed by atoms with Crippen molar-refractivity contribution in [2.45, 2.75) is 6.54 Å². The van der Waals surface area contributed by atoms with Crippen LogP contribution in [0.15, 0.2) is 46.9 Å². The summed E-state index contributed by atoms with van der Waals surface area (Å²) in [5, 5.41) is 13.0. The molecule has 0 bridgehead atoms. The van der Waals surface area contributed by atoms with Crippen molar-refractivity contribution in [3.05, 3.63) is 52.5 Å². The highest BCUT2D eigenvalue weighted by Gasteiger charge is 2.02. The van der Waals surface area contributed by atoms with Gasteiger partial charge in [-0.2, -0.15) is 0 Å². The first-order chi connectivity index (χ1) is 8.69. The van der Waals surface area contributed by atoms with E-state index in [-0.39, 0.29) is 5.75 Å². The first-order valence-corrected chi connectivity index (χ1v) is 6.33. The molecule has 0 aliphatic rings. The summed E-state index contributed by atoms with van der Waals surface area (Å²) in [6.45, 7) is 0.554. The van der Waals surface area contributed by atoms with Crippen LogP contribution in [-0.2, 0) is 6.54 Å². The van der Waals surface area contributed by atoms with Gasteiger partial charge in [-0.25, -0.2) is 0 Å². The van der Waals surface area contributed by atoms with Crippen LogP contribution >= 0.6 is 15.9 Å². The van der Waals surface area contributed by atoms with E-state index in [1.165, 1.54) is 0 Å². The van der Waals surface area contributed by atoms with E-state index in [1.807, 2.05) is 36.4 Å². The molecule has 0 spiro atoms. The van der Waals surface area contributed by atoms with Gasteiger partial charge in [-0.3, -0.25) is 0 Å². The van der Waals surface area contributed by atoms with Crippen molar-refractivity contribution in [3.8, 4) is 11.5 Å². The van der Waals surface area contributed by atoms with Crippen molar-refractivity contribution in [3.63, 3.8) is 0 Å². The second-order valence-corrected chi connectivity index (χ2v) is 4.77. The standard InChI is InChI=1S/C14H14BrNO2/c1-18-13-4-2-3-12(8-13)16-9-10-7-11(15)5-6-14(10)17/h2-8,16-17H,9H2,1H3. The van der Waals surface area contributed by atoms with Crippen molar-refractivity contribution < 1.29 is 9.84 Å². The van der Waals surface area contributed by atoms with E-state index >= 15 is 0 Å². The molecule has 0 unspecified atom stereocenters. The Bertz CT molecular complexity index is 543. The van der Waals surface area contributed by atoms with E-state index in [0.717, 1.165) is 21.5 Å². The maximum Gasteiger partial charge on any atom is 0.120 e. The molecule has 0 saturated heterocycles. The van der Waals surface area contributed by atoms with Crippen LogP contribution < -0.4 is 10.1 Å². The number of nitrogens with one attached hydrogen (secondary N) is 1. The third kappa shape index (κ3) is 3.17. The molecule has 2 rings (SSSR count). The molecule has 0 radical (unpaired) electrons. The number of hydrogen-bond acceptors (Lipinski definition) is 3. The fraction of sp³-hybridized carbons (Fsp3) is 0.143. The SMILES string of the molecule is COc1cccc(NCc2cc(Br)ccc2O)c1. The Morgan fingerprint density at radius 1 is 1.22 bits per heavy atom. The summed E-state index contributed by atoms with van der Waals surface area (Å²) in [7, 11) is 1.64. The Hall–Kier alpha value is -1.68. The molecule has 18 heavy (non-hydrogen) atoms. The van der Waals surface area contributed by atoms with E-state index in [2.05, 4.69) is 21.2 Å². The quantitative estimate of drug-likeness (QED) is 0.903. The number of phenolic OH excluding ortho intramolecular Hbond substituents is 1. The summed E-state index contributed by atoms with van der Waals surface area (Å²) in [4.78, 5) is 0. The highest BCUT2D eigenvalue weighted by atomic mass is 79.9. The van der Waals surface area contributed by atoms with Crippen LogP contribution in [0.4, 0.5) is 5.69 Å². The molecule has 94 valence electrons. The Balaban J connectivity index is 2.08. The number of rotatable bonds is 4. The van der Waals surface area contributed by atoms with Crippen LogP contribution in [0.2, 0.25) is 0 Å². The Morgan fingerprint density at radius 3 is 2.83 bits per heavy atom. The fourth-order valence-corrected chi connectivity index (χ4v) is 2.03. The lowest BCUT2D eigenvalue weighted by molar-refractivity contribution is 0.415. The van der Waals surface area contributed by atoms with Crippen LogP contribution in [0.1, 0.15) is 5.56 Å². The summed E-state index contributed by atoms with van der Waals surface area (Å²) in [6.07, 6.45) is 0. The van der Waals surface area contributed by atoms with Crippen molar-refractivity contribution >= 4 is 21.6 Å². The average molecular weight is 308 g/mol. The van der Waals surface area contributed by atoms with Gasteiger partial charge in [-0.05, 0) is 30.3 Å². The van der Waals surface area contributed by atoms with Crippen molar-refractivity contribution in [1.82, 2.24) is 0 Å². The van der Waals surface area contributed by atoms with Gasteiger partial charge in [0.15, 0.2) is 0 Å². The summed E-state index contributed by atoms with van der Waals surface area (Å²) >= 11 is 3.39. The van der Waals surface area contributed by atoms with Gasteiger partial charge >= 0.3 is 0 Å². The van der Waals surface area contributed by atoms with E-state index in [4.69, 9.17) is 4.74 Å². The molecule has 0 fully saturated rings. The smallest absolute Gasteiger partial charge is 0.120 e. The molecule has 2 N–H and O–H groups in total. The number of anilines is 1. The maximum atomic E-state index is 9.73. The fourth-order valence-electron chi connectivity index (χ4n) is 1.63. The second kappa shape index (κ2) is 5.78. The second-order valence-electron chi connectivity index (χ2n) is 3.86. The number of phenols is 1. The molecule has 0 saturated carbocycles. The average Bonchev–Trinajstić information content (AvgIpc) is 2.40. The number of hydrogen-bond donors (Lipinski definition) is 2. The molecule has 2 aromatic rings. The van der Waals surface area contributed by atoms with E-state index in [1.54, 1.807) is 13.2 Å². The minimum atomic E-state index is 0.286. The molecule has 0 atom stereocenters. The first kappa shape index (κ1) is 12.8. The Labute approximate surface area is 115 Å². The lowest BCUT2D eigenvalue weighted by atomic mass is 10.2. The summed E-state index contributed by atoms with van der Waals surface area (Å²) in [5.41, 5.74) is 1.79. The number of methoxy groups -OCH3 is 1. The van der Waals surface area contributed by atoms with Crippen LogP contribution in [-0.4, -0.2) is 12.2 Å². The van der Waals surface area contributed by atoms with Gasteiger partial charge in [0.05, 0.1) is 7.11 Å². The van der Waals surface area contributed by atoms with Crippen LogP contribution in [0.5, 0.6) is 11.5 Å². The van der Waals surface area contributed by atoms with Crippen LogP contribution in [0, 0.1) is 0 Å². The van der Waals surface area contributed by atoms with Gasteiger partial charge < -0.3 is 15.2 Å². The molecule has 3 nitrogen and oxygen atoms in total. The summed E-state index contributed by atoms with van der Waals surface area (Å²) in [5.74, 6) is 1.09. The molecule has 0 aromatic heterocycles. The van der Waals surface area contributed by atoms with Crippen LogP contribution in [0.25, 0.3) is 0 Å². The molecule has 0 aliphatic carbocycles.